The number of hydrogen-bond acceptors (Lipinski definition) is 1. The Hall–Kier alpha value is -1.43. The molecule has 0 aromatic carbocycles. The molecule has 0 aliphatic heterocycles. The maximum atomic E-state index is 12.4. The smallest absolute Gasteiger partial charge is 0.412 e. The van der Waals surface area contributed by atoms with E-state index in [1.165, 1.54) is 51.4 Å². The molecule has 0 atom stereocenters. The summed E-state index contributed by atoms with van der Waals surface area (Å²) < 4.78 is 41.5. The third-order valence-electron chi connectivity index (χ3n) is 7.52. The predicted molar refractivity (Wildman–Crippen MR) is 121 cm³/mol. The summed E-state index contributed by atoms with van der Waals surface area (Å²) in [6.07, 6.45) is 7.31. The standard InChI is InChI=1S/C26H35F3O.H2O.2H2/c1-3-4-21(24-15-17-25(18-16-24)30-26(27,28)29)12-7-20-8-13-23(14-9-20)22-10-5-19(2)6-11-22;;;/h19-20,22-25H,1,5-6,8-11,13-18H2,2H3;1H2;2*1H. The molecule has 3 saturated carbocycles. The van der Waals surface area contributed by atoms with Crippen molar-refractivity contribution in [1.29, 1.82) is 0 Å². The molecule has 2 N–H and O–H groups in total. The first-order valence-corrected chi connectivity index (χ1v) is 11.7. The van der Waals surface area contributed by atoms with Crippen LogP contribution in [0.15, 0.2) is 23.6 Å². The van der Waals surface area contributed by atoms with E-state index in [0.717, 1.165) is 23.3 Å². The molecule has 0 heterocycles. The minimum Gasteiger partial charge on any atom is -0.412 e. The Morgan fingerprint density at radius 3 is 1.94 bits per heavy atom. The van der Waals surface area contributed by atoms with Gasteiger partial charge in [0.05, 0.1) is 11.7 Å². The van der Waals surface area contributed by atoms with Crippen LogP contribution < -0.4 is 0 Å². The number of ether oxygens (including phenoxy) is 1. The van der Waals surface area contributed by atoms with Crippen molar-refractivity contribution in [2.45, 2.75) is 96.4 Å². The van der Waals surface area contributed by atoms with Crippen LogP contribution in [0.2, 0.25) is 0 Å². The first-order chi connectivity index (χ1) is 14.3. The summed E-state index contributed by atoms with van der Waals surface area (Å²) >= 11 is 0. The van der Waals surface area contributed by atoms with Gasteiger partial charge in [-0.2, -0.15) is 0 Å². The molecular weight excluding hydrogens is 401 g/mol. The van der Waals surface area contributed by atoms with Crippen LogP contribution in [-0.2, 0) is 4.74 Å². The van der Waals surface area contributed by atoms with Crippen LogP contribution in [0.1, 0.15) is 86.8 Å². The van der Waals surface area contributed by atoms with Crippen molar-refractivity contribution in [2.24, 2.45) is 29.6 Å². The Morgan fingerprint density at radius 1 is 0.871 bits per heavy atom. The van der Waals surface area contributed by atoms with Crippen molar-refractivity contribution in [1.82, 2.24) is 0 Å². The highest BCUT2D eigenvalue weighted by molar-refractivity contribution is 5.31. The third-order valence-corrected chi connectivity index (χ3v) is 7.52. The van der Waals surface area contributed by atoms with E-state index >= 15 is 0 Å². The normalized spacial score (nSPS) is 33.7. The van der Waals surface area contributed by atoms with Gasteiger partial charge in [-0.3, -0.25) is 4.74 Å². The monoisotopic (exact) mass is 442 g/mol. The average molecular weight is 443 g/mol. The van der Waals surface area contributed by atoms with Gasteiger partial charge in [-0.05, 0) is 88.5 Å². The van der Waals surface area contributed by atoms with E-state index in [0.29, 0.717) is 31.6 Å². The second-order valence-corrected chi connectivity index (χ2v) is 9.65. The Labute approximate surface area is 188 Å². The van der Waals surface area contributed by atoms with Crippen molar-refractivity contribution in [3.63, 3.8) is 0 Å². The second-order valence-electron chi connectivity index (χ2n) is 9.65. The van der Waals surface area contributed by atoms with E-state index in [2.05, 4.69) is 41.5 Å². The Balaban J connectivity index is 0.00000341. The summed E-state index contributed by atoms with van der Waals surface area (Å²) in [4.78, 5) is 0. The van der Waals surface area contributed by atoms with Crippen molar-refractivity contribution < 1.29 is 26.2 Å². The molecule has 0 saturated heterocycles. The number of alkyl halides is 3. The lowest BCUT2D eigenvalue weighted by Gasteiger charge is -2.36. The topological polar surface area (TPSA) is 40.7 Å². The summed E-state index contributed by atoms with van der Waals surface area (Å²) in [5, 5.41) is 0. The lowest BCUT2D eigenvalue weighted by atomic mass is 9.69. The fourth-order valence-corrected chi connectivity index (χ4v) is 5.66. The molecule has 5 heteroatoms. The zero-order chi connectivity index (χ0) is 21.6. The van der Waals surface area contributed by atoms with Crippen LogP contribution in [0, 0.1) is 41.4 Å². The first-order valence-electron chi connectivity index (χ1n) is 11.7. The Kier molecular flexibility index (Phi) is 9.98. The molecule has 2 nitrogen and oxygen atoms in total. The largest absolute Gasteiger partial charge is 0.522 e. The van der Waals surface area contributed by atoms with Gasteiger partial charge < -0.3 is 5.48 Å². The Bertz CT molecular complexity index is 706. The lowest BCUT2D eigenvalue weighted by Crippen LogP contribution is -2.28. The van der Waals surface area contributed by atoms with Gasteiger partial charge in [0.2, 0.25) is 0 Å². The molecule has 31 heavy (non-hydrogen) atoms. The number of hydrogen-bond donors (Lipinski definition) is 0. The number of allylic oxidation sites excluding steroid dienone is 1. The zero-order valence-electron chi connectivity index (χ0n) is 18.7. The van der Waals surface area contributed by atoms with Crippen molar-refractivity contribution in [2.75, 3.05) is 0 Å². The summed E-state index contributed by atoms with van der Waals surface area (Å²) in [5.41, 5.74) is 6.60. The average Bonchev–Trinajstić information content (AvgIpc) is 2.72. The molecule has 0 aromatic heterocycles. The van der Waals surface area contributed by atoms with Crippen molar-refractivity contribution >= 4 is 0 Å². The van der Waals surface area contributed by atoms with E-state index in [4.69, 9.17) is 0 Å². The van der Waals surface area contributed by atoms with Crippen LogP contribution in [0.4, 0.5) is 13.2 Å². The second kappa shape index (κ2) is 12.0. The molecule has 0 bridgehead atoms. The molecule has 0 spiro atoms. The van der Waals surface area contributed by atoms with E-state index in [9.17, 15) is 13.2 Å². The zero-order valence-corrected chi connectivity index (χ0v) is 18.7. The lowest BCUT2D eigenvalue weighted by molar-refractivity contribution is -0.345. The molecule has 3 aliphatic carbocycles. The van der Waals surface area contributed by atoms with Crippen LogP contribution in [0.5, 0.6) is 0 Å². The molecular formula is C26H41F3O2. The molecule has 0 amide bonds. The summed E-state index contributed by atoms with van der Waals surface area (Å²) in [6.45, 7) is 6.00. The van der Waals surface area contributed by atoms with Gasteiger partial charge in [-0.1, -0.05) is 43.1 Å². The molecule has 0 unspecified atom stereocenters. The molecule has 0 radical (unpaired) electrons. The quantitative estimate of drug-likeness (QED) is 0.335. The van der Waals surface area contributed by atoms with Crippen LogP contribution >= 0.6 is 0 Å². The third kappa shape index (κ3) is 8.21. The number of halogens is 3. The van der Waals surface area contributed by atoms with Crippen LogP contribution in [-0.4, -0.2) is 17.9 Å². The van der Waals surface area contributed by atoms with Gasteiger partial charge in [0, 0.05) is 14.7 Å². The highest BCUT2D eigenvalue weighted by Gasteiger charge is 2.36. The number of rotatable bonds is 3. The van der Waals surface area contributed by atoms with Gasteiger partial charge in [0.1, 0.15) is 0 Å². The SMILES string of the molecule is C=C=C=C(C#CC1CCC(C2CCC(C)CC2)CC1)C1CCC(OC(F)(F)F)CC1.O.[HH].[HH]. The minimum absolute atomic E-state index is 0. The van der Waals surface area contributed by atoms with E-state index in [-0.39, 0.29) is 14.2 Å². The van der Waals surface area contributed by atoms with Crippen LogP contribution in [0.3, 0.4) is 0 Å². The van der Waals surface area contributed by atoms with Crippen molar-refractivity contribution in [3.8, 4) is 11.8 Å². The minimum atomic E-state index is -4.55. The molecule has 3 fully saturated rings. The molecule has 178 valence electrons. The fourth-order valence-electron chi connectivity index (χ4n) is 5.66. The van der Waals surface area contributed by atoms with Gasteiger partial charge >= 0.3 is 6.36 Å². The summed E-state index contributed by atoms with van der Waals surface area (Å²) in [7, 11) is 0. The van der Waals surface area contributed by atoms with Gasteiger partial charge in [0.15, 0.2) is 0 Å². The van der Waals surface area contributed by atoms with E-state index in [1.807, 2.05) is 0 Å². The molecule has 0 aromatic rings. The predicted octanol–water partition coefficient (Wildman–Crippen LogP) is 7.25. The summed E-state index contributed by atoms with van der Waals surface area (Å²) in [6, 6.07) is 0. The van der Waals surface area contributed by atoms with Gasteiger partial charge in [0.25, 0.3) is 0 Å². The van der Waals surface area contributed by atoms with Gasteiger partial charge in [-0.25, -0.2) is 0 Å². The fraction of sp³-hybridized carbons (Fsp3) is 0.769. The first kappa shape index (κ1) is 25.8. The highest BCUT2D eigenvalue weighted by atomic mass is 19.4. The van der Waals surface area contributed by atoms with Crippen LogP contribution in [0.25, 0.3) is 0 Å². The maximum Gasteiger partial charge on any atom is 0.522 e. The van der Waals surface area contributed by atoms with E-state index in [1.54, 1.807) is 0 Å². The van der Waals surface area contributed by atoms with E-state index < -0.39 is 12.5 Å². The molecule has 3 rings (SSSR count). The Morgan fingerprint density at radius 2 is 1.42 bits per heavy atom. The van der Waals surface area contributed by atoms with Crippen molar-refractivity contribution in [3.05, 3.63) is 23.6 Å². The highest BCUT2D eigenvalue weighted by Crippen LogP contribution is 2.41. The van der Waals surface area contributed by atoms with Gasteiger partial charge in [-0.15, -0.1) is 13.2 Å². The summed E-state index contributed by atoms with van der Waals surface area (Å²) in [5.74, 6) is 10.0. The molecule has 3 aliphatic rings. The maximum absolute atomic E-state index is 12.4.